The number of esters is 1. The Morgan fingerprint density at radius 1 is 1.00 bits per heavy atom. The van der Waals surface area contributed by atoms with Crippen LogP contribution in [0.25, 0.3) is 0 Å². The van der Waals surface area contributed by atoms with Gasteiger partial charge in [0.2, 0.25) is 0 Å². The number of methoxy groups -OCH3 is 1. The number of fused-ring (bicyclic) bond motifs is 1. The highest BCUT2D eigenvalue weighted by molar-refractivity contribution is 7.80. The summed E-state index contributed by atoms with van der Waals surface area (Å²) in [4.78, 5) is 26.4. The summed E-state index contributed by atoms with van der Waals surface area (Å²) in [7, 11) is 1.40. The standard InChI is InChI=1S/C26H27N3O3S2/c1-32-25(31)22-20-13-6-3-7-14-21(20)34-24(22)29-26(33)28-19-12-8-11-18(15-19)23(30)27-16-17-9-4-2-5-10-17/h2,4-5,8-12,15H,3,6-7,13-14,16H2,1H3,(H,27,30)(H2,28,29,33). The highest BCUT2D eigenvalue weighted by atomic mass is 32.1. The van der Waals surface area contributed by atoms with Crippen LogP contribution in [0.5, 0.6) is 0 Å². The Kier molecular flexibility index (Phi) is 7.92. The molecule has 176 valence electrons. The lowest BCUT2D eigenvalue weighted by atomic mass is 10.1. The fraction of sp³-hybridized carbons (Fsp3) is 0.269. The van der Waals surface area contributed by atoms with E-state index >= 15 is 0 Å². The Morgan fingerprint density at radius 3 is 2.59 bits per heavy atom. The molecule has 0 spiro atoms. The van der Waals surface area contributed by atoms with Crippen molar-refractivity contribution in [3.8, 4) is 0 Å². The SMILES string of the molecule is COC(=O)c1c(NC(=S)Nc2cccc(C(=O)NCc3ccccc3)c2)sc2c1CCCCC2. The summed E-state index contributed by atoms with van der Waals surface area (Å²) in [5, 5.41) is 10.3. The second-order valence-electron chi connectivity index (χ2n) is 8.09. The third-order valence-electron chi connectivity index (χ3n) is 5.72. The van der Waals surface area contributed by atoms with Crippen molar-refractivity contribution in [2.24, 2.45) is 0 Å². The Labute approximate surface area is 208 Å². The molecule has 2 aromatic carbocycles. The number of thiocarbonyl (C=S) groups is 1. The number of thiophene rings is 1. The van der Waals surface area contributed by atoms with Gasteiger partial charge >= 0.3 is 5.97 Å². The third-order valence-corrected chi connectivity index (χ3v) is 7.13. The first kappa shape index (κ1) is 23.9. The zero-order valence-corrected chi connectivity index (χ0v) is 20.6. The van der Waals surface area contributed by atoms with Crippen molar-refractivity contribution in [3.05, 3.63) is 81.7 Å². The molecule has 1 aromatic heterocycles. The van der Waals surface area contributed by atoms with Gasteiger partial charge in [-0.15, -0.1) is 11.3 Å². The first-order valence-corrected chi connectivity index (χ1v) is 12.5. The Hall–Kier alpha value is -3.23. The van der Waals surface area contributed by atoms with Crippen LogP contribution in [0.1, 0.15) is 56.0 Å². The summed E-state index contributed by atoms with van der Waals surface area (Å²) in [6.45, 7) is 0.455. The average Bonchev–Trinajstić information content (AvgIpc) is 3.02. The molecule has 0 radical (unpaired) electrons. The summed E-state index contributed by atoms with van der Waals surface area (Å²) < 4.78 is 5.06. The van der Waals surface area contributed by atoms with Gasteiger partial charge in [0.25, 0.3) is 5.91 Å². The normalized spacial score (nSPS) is 12.7. The van der Waals surface area contributed by atoms with Crippen LogP contribution in [-0.4, -0.2) is 24.1 Å². The molecule has 0 saturated carbocycles. The number of carbonyl (C=O) groups excluding carboxylic acids is 2. The van der Waals surface area contributed by atoms with E-state index in [1.165, 1.54) is 18.4 Å². The van der Waals surface area contributed by atoms with Crippen molar-refractivity contribution in [2.75, 3.05) is 17.7 Å². The summed E-state index contributed by atoms with van der Waals surface area (Å²) in [5.41, 5.74) is 3.91. The van der Waals surface area contributed by atoms with Gasteiger partial charge < -0.3 is 20.7 Å². The molecule has 1 amide bonds. The van der Waals surface area contributed by atoms with Crippen molar-refractivity contribution < 1.29 is 14.3 Å². The van der Waals surface area contributed by atoms with Crippen LogP contribution in [0.4, 0.5) is 10.7 Å². The van der Waals surface area contributed by atoms with Crippen molar-refractivity contribution in [2.45, 2.75) is 38.6 Å². The van der Waals surface area contributed by atoms with Gasteiger partial charge in [-0.1, -0.05) is 42.8 Å². The number of anilines is 2. The molecule has 0 unspecified atom stereocenters. The molecule has 1 heterocycles. The summed E-state index contributed by atoms with van der Waals surface area (Å²) >= 11 is 7.09. The fourth-order valence-corrected chi connectivity index (χ4v) is 5.60. The van der Waals surface area contributed by atoms with Crippen LogP contribution in [0, 0.1) is 0 Å². The minimum absolute atomic E-state index is 0.165. The zero-order chi connectivity index (χ0) is 23.9. The average molecular weight is 494 g/mol. The highest BCUT2D eigenvalue weighted by Gasteiger charge is 2.25. The maximum absolute atomic E-state index is 12.6. The van der Waals surface area contributed by atoms with Gasteiger partial charge in [0.1, 0.15) is 5.00 Å². The number of carbonyl (C=O) groups is 2. The monoisotopic (exact) mass is 493 g/mol. The van der Waals surface area contributed by atoms with E-state index in [2.05, 4.69) is 16.0 Å². The second kappa shape index (κ2) is 11.3. The fourth-order valence-electron chi connectivity index (χ4n) is 4.03. The lowest BCUT2D eigenvalue weighted by molar-refractivity contribution is 0.0601. The quantitative estimate of drug-likeness (QED) is 0.238. The first-order chi connectivity index (χ1) is 16.5. The van der Waals surface area contributed by atoms with E-state index in [-0.39, 0.29) is 11.9 Å². The molecule has 0 bridgehead atoms. The van der Waals surface area contributed by atoms with Crippen LogP contribution < -0.4 is 16.0 Å². The Bertz CT molecular complexity index is 1190. The molecule has 0 aliphatic heterocycles. The Balaban J connectivity index is 1.43. The van der Waals surface area contributed by atoms with Gasteiger partial charge in [-0.2, -0.15) is 0 Å². The number of nitrogens with one attached hydrogen (secondary N) is 3. The second-order valence-corrected chi connectivity index (χ2v) is 9.60. The first-order valence-electron chi connectivity index (χ1n) is 11.3. The minimum atomic E-state index is -0.346. The van der Waals surface area contributed by atoms with Gasteiger partial charge in [0.15, 0.2) is 5.11 Å². The molecule has 3 aromatic rings. The maximum Gasteiger partial charge on any atom is 0.341 e. The van der Waals surface area contributed by atoms with E-state index in [9.17, 15) is 9.59 Å². The molecule has 4 rings (SSSR count). The molecule has 8 heteroatoms. The summed E-state index contributed by atoms with van der Waals surface area (Å²) in [6, 6.07) is 16.9. The predicted octanol–water partition coefficient (Wildman–Crippen LogP) is 5.54. The molecule has 0 fully saturated rings. The molecular weight excluding hydrogens is 466 g/mol. The number of rotatable bonds is 6. The van der Waals surface area contributed by atoms with Gasteiger partial charge in [-0.3, -0.25) is 4.79 Å². The van der Waals surface area contributed by atoms with E-state index in [0.29, 0.717) is 33.5 Å². The maximum atomic E-state index is 12.6. The van der Waals surface area contributed by atoms with Crippen LogP contribution in [0.15, 0.2) is 54.6 Å². The minimum Gasteiger partial charge on any atom is -0.465 e. The number of benzene rings is 2. The molecule has 1 aliphatic rings. The number of ether oxygens (including phenoxy) is 1. The van der Waals surface area contributed by atoms with Crippen LogP contribution in [-0.2, 0) is 24.1 Å². The van der Waals surface area contributed by atoms with Crippen LogP contribution in [0.2, 0.25) is 0 Å². The topological polar surface area (TPSA) is 79.5 Å². The zero-order valence-electron chi connectivity index (χ0n) is 19.0. The summed E-state index contributed by atoms with van der Waals surface area (Å²) in [6.07, 6.45) is 5.19. The van der Waals surface area contributed by atoms with Crippen LogP contribution in [0.3, 0.4) is 0 Å². The van der Waals surface area contributed by atoms with Gasteiger partial charge in [0.05, 0.1) is 12.7 Å². The Morgan fingerprint density at radius 2 is 1.79 bits per heavy atom. The molecule has 3 N–H and O–H groups in total. The van der Waals surface area contributed by atoms with E-state index in [0.717, 1.165) is 36.8 Å². The molecular formula is C26H27N3O3S2. The number of hydrogen-bond acceptors (Lipinski definition) is 5. The number of hydrogen-bond donors (Lipinski definition) is 3. The van der Waals surface area contributed by atoms with Crippen molar-refractivity contribution in [1.82, 2.24) is 5.32 Å². The van der Waals surface area contributed by atoms with E-state index in [1.807, 2.05) is 36.4 Å². The van der Waals surface area contributed by atoms with Crippen molar-refractivity contribution in [1.29, 1.82) is 0 Å². The summed E-state index contributed by atoms with van der Waals surface area (Å²) in [5.74, 6) is -0.511. The lowest BCUT2D eigenvalue weighted by Gasteiger charge is -2.12. The lowest BCUT2D eigenvalue weighted by Crippen LogP contribution is -2.23. The molecule has 34 heavy (non-hydrogen) atoms. The van der Waals surface area contributed by atoms with Crippen molar-refractivity contribution in [3.63, 3.8) is 0 Å². The molecule has 6 nitrogen and oxygen atoms in total. The van der Waals surface area contributed by atoms with Gasteiger partial charge in [0, 0.05) is 22.7 Å². The molecule has 0 saturated heterocycles. The predicted molar refractivity (Wildman–Crippen MR) is 141 cm³/mol. The molecule has 1 aliphatic carbocycles. The van der Waals surface area contributed by atoms with E-state index in [4.69, 9.17) is 17.0 Å². The largest absolute Gasteiger partial charge is 0.465 e. The third kappa shape index (κ3) is 5.81. The van der Waals surface area contributed by atoms with Crippen molar-refractivity contribution >= 4 is 51.2 Å². The smallest absolute Gasteiger partial charge is 0.341 e. The molecule has 0 atom stereocenters. The number of amides is 1. The van der Waals surface area contributed by atoms with Gasteiger partial charge in [-0.05, 0) is 67.2 Å². The number of aryl methyl sites for hydroxylation is 1. The highest BCUT2D eigenvalue weighted by Crippen LogP contribution is 2.38. The van der Waals surface area contributed by atoms with E-state index < -0.39 is 0 Å². The van der Waals surface area contributed by atoms with Crippen LogP contribution >= 0.6 is 23.6 Å². The van der Waals surface area contributed by atoms with Gasteiger partial charge in [-0.25, -0.2) is 4.79 Å². The van der Waals surface area contributed by atoms with E-state index in [1.54, 1.807) is 29.5 Å².